The summed E-state index contributed by atoms with van der Waals surface area (Å²) in [7, 11) is 0. The Bertz CT molecular complexity index is 651. The molecule has 0 saturated carbocycles. The lowest BCUT2D eigenvalue weighted by molar-refractivity contribution is -0.137. The maximum atomic E-state index is 13.1. The molecule has 7 heteroatoms. The molecule has 0 spiro atoms. The van der Waals surface area contributed by atoms with Crippen LogP contribution in [0.4, 0.5) is 13.2 Å². The molecule has 0 amide bonds. The molecule has 2 heterocycles. The Kier molecular flexibility index (Phi) is 3.44. The summed E-state index contributed by atoms with van der Waals surface area (Å²) in [5.74, 6) is 0.479. The summed E-state index contributed by atoms with van der Waals surface area (Å²) in [5, 5.41) is 13.5. The fourth-order valence-electron chi connectivity index (χ4n) is 2.65. The number of benzene rings is 1. The molecule has 1 aromatic heterocycles. The van der Waals surface area contributed by atoms with Gasteiger partial charge in [0, 0.05) is 18.0 Å². The Balaban J connectivity index is 2.09. The van der Waals surface area contributed by atoms with Gasteiger partial charge in [0.2, 0.25) is 0 Å². The second-order valence-corrected chi connectivity index (χ2v) is 5.08. The van der Waals surface area contributed by atoms with E-state index in [2.05, 4.69) is 10.1 Å². The minimum absolute atomic E-state index is 0.0245. The van der Waals surface area contributed by atoms with Crippen LogP contribution >= 0.6 is 0 Å². The number of aliphatic hydroxyl groups is 1. The van der Waals surface area contributed by atoms with Crippen molar-refractivity contribution in [3.63, 3.8) is 0 Å². The second-order valence-electron chi connectivity index (χ2n) is 5.08. The van der Waals surface area contributed by atoms with Crippen LogP contribution in [0.1, 0.15) is 30.1 Å². The van der Waals surface area contributed by atoms with Crippen molar-refractivity contribution in [1.29, 1.82) is 0 Å². The summed E-state index contributed by atoms with van der Waals surface area (Å²) in [6.45, 7) is 0.548. The van der Waals surface area contributed by atoms with Gasteiger partial charge in [-0.3, -0.25) is 0 Å². The van der Waals surface area contributed by atoms with Crippen molar-refractivity contribution >= 4 is 0 Å². The van der Waals surface area contributed by atoms with Crippen LogP contribution in [-0.2, 0) is 12.7 Å². The molecule has 0 radical (unpaired) electrons. The first-order chi connectivity index (χ1) is 10.0. The number of hydrogen-bond donors (Lipinski definition) is 1. The zero-order valence-electron chi connectivity index (χ0n) is 11.1. The fourth-order valence-corrected chi connectivity index (χ4v) is 2.65. The molecule has 3 rings (SSSR count). The molecule has 2 aromatic rings. The Morgan fingerprint density at radius 1 is 1.29 bits per heavy atom. The van der Waals surface area contributed by atoms with E-state index in [4.69, 9.17) is 0 Å². The average Bonchev–Trinajstić information content (AvgIpc) is 2.90. The Morgan fingerprint density at radius 3 is 2.76 bits per heavy atom. The van der Waals surface area contributed by atoms with Gasteiger partial charge in [0.05, 0.1) is 12.2 Å². The van der Waals surface area contributed by atoms with Gasteiger partial charge in [-0.1, -0.05) is 18.2 Å². The molecule has 1 unspecified atom stereocenters. The molecule has 4 nitrogen and oxygen atoms in total. The average molecular weight is 297 g/mol. The first-order valence-corrected chi connectivity index (χ1v) is 6.73. The number of rotatable bonds is 2. The highest BCUT2D eigenvalue weighted by molar-refractivity contribution is 5.61. The van der Waals surface area contributed by atoms with Crippen LogP contribution < -0.4 is 0 Å². The summed E-state index contributed by atoms with van der Waals surface area (Å²) in [4.78, 5) is 4.24. The summed E-state index contributed by atoms with van der Waals surface area (Å²) in [6, 6.07) is 5.28. The Hall–Kier alpha value is -1.89. The van der Waals surface area contributed by atoms with E-state index in [1.165, 1.54) is 18.2 Å². The number of aryl methyl sites for hydroxylation is 1. The third kappa shape index (κ3) is 2.53. The van der Waals surface area contributed by atoms with Crippen molar-refractivity contribution in [1.82, 2.24) is 14.8 Å². The first-order valence-electron chi connectivity index (χ1n) is 6.73. The summed E-state index contributed by atoms with van der Waals surface area (Å²) < 4.78 is 40.8. The minimum atomic E-state index is -4.45. The number of hydrogen-bond acceptors (Lipinski definition) is 3. The predicted molar refractivity (Wildman–Crippen MR) is 69.5 cm³/mol. The summed E-state index contributed by atoms with van der Waals surface area (Å²) in [5.41, 5.74) is -0.767. The molecular formula is C14H14F3N3O. The van der Waals surface area contributed by atoms with Crippen molar-refractivity contribution in [2.24, 2.45) is 0 Å². The zero-order chi connectivity index (χ0) is 15.0. The zero-order valence-corrected chi connectivity index (χ0v) is 11.1. The van der Waals surface area contributed by atoms with Crippen molar-refractivity contribution in [2.75, 3.05) is 6.61 Å². The van der Waals surface area contributed by atoms with Crippen LogP contribution in [0.2, 0.25) is 0 Å². The van der Waals surface area contributed by atoms with E-state index in [1.807, 2.05) is 0 Å². The largest absolute Gasteiger partial charge is 0.417 e. The third-order valence-electron chi connectivity index (χ3n) is 3.68. The van der Waals surface area contributed by atoms with E-state index >= 15 is 0 Å². The highest BCUT2D eigenvalue weighted by Gasteiger charge is 2.35. The van der Waals surface area contributed by atoms with Crippen LogP contribution in [0.3, 0.4) is 0 Å². The monoisotopic (exact) mass is 297 g/mol. The Labute approximate surface area is 119 Å². The number of nitrogens with zero attached hydrogens (tertiary/aromatic N) is 3. The van der Waals surface area contributed by atoms with Crippen LogP contribution in [0.15, 0.2) is 24.3 Å². The standard InChI is InChI=1S/C14H14F3N3O/c15-14(16,17)11-6-2-1-5-10(11)12-18-13-9(8-21)4-3-7-20(13)19-12/h1-2,5-6,9,21H,3-4,7-8H2. The first kappa shape index (κ1) is 14.1. The van der Waals surface area contributed by atoms with E-state index in [1.54, 1.807) is 4.68 Å². The van der Waals surface area contributed by atoms with Crippen molar-refractivity contribution in [3.05, 3.63) is 35.7 Å². The number of alkyl halides is 3. The number of aromatic nitrogens is 3. The van der Waals surface area contributed by atoms with Crippen LogP contribution in [-0.4, -0.2) is 26.5 Å². The quantitative estimate of drug-likeness (QED) is 0.927. The fraction of sp³-hybridized carbons (Fsp3) is 0.429. The van der Waals surface area contributed by atoms with Crippen LogP contribution in [0.25, 0.3) is 11.4 Å². The van der Waals surface area contributed by atoms with Crippen LogP contribution in [0.5, 0.6) is 0 Å². The lowest BCUT2D eigenvalue weighted by Crippen LogP contribution is -2.19. The molecule has 1 atom stereocenters. The van der Waals surface area contributed by atoms with Gasteiger partial charge < -0.3 is 5.11 Å². The topological polar surface area (TPSA) is 50.9 Å². The van der Waals surface area contributed by atoms with Crippen molar-refractivity contribution in [3.8, 4) is 11.4 Å². The maximum absolute atomic E-state index is 13.1. The van der Waals surface area contributed by atoms with Gasteiger partial charge in [-0.15, -0.1) is 0 Å². The minimum Gasteiger partial charge on any atom is -0.396 e. The molecule has 1 aromatic carbocycles. The Morgan fingerprint density at radius 2 is 2.05 bits per heavy atom. The summed E-state index contributed by atoms with van der Waals surface area (Å²) >= 11 is 0. The molecule has 1 aliphatic rings. The molecule has 112 valence electrons. The summed E-state index contributed by atoms with van der Waals surface area (Å²) in [6.07, 6.45) is -2.84. The third-order valence-corrected chi connectivity index (χ3v) is 3.68. The van der Waals surface area contributed by atoms with Gasteiger partial charge in [-0.05, 0) is 18.9 Å². The van der Waals surface area contributed by atoms with Gasteiger partial charge in [-0.2, -0.15) is 18.3 Å². The van der Waals surface area contributed by atoms with Gasteiger partial charge in [-0.25, -0.2) is 9.67 Å². The molecule has 1 N–H and O–H groups in total. The molecule has 0 saturated heterocycles. The maximum Gasteiger partial charge on any atom is 0.417 e. The predicted octanol–water partition coefficient (Wildman–Crippen LogP) is 2.83. The highest BCUT2D eigenvalue weighted by atomic mass is 19.4. The number of fused-ring (bicyclic) bond motifs is 1. The lowest BCUT2D eigenvalue weighted by atomic mass is 10.0. The molecule has 21 heavy (non-hydrogen) atoms. The van der Waals surface area contributed by atoms with Gasteiger partial charge >= 0.3 is 6.18 Å². The SMILES string of the molecule is OCC1CCCn2nc(-c3ccccc3C(F)(F)F)nc21. The van der Waals surface area contributed by atoms with E-state index in [-0.39, 0.29) is 23.9 Å². The van der Waals surface area contributed by atoms with Crippen molar-refractivity contribution < 1.29 is 18.3 Å². The van der Waals surface area contributed by atoms with Gasteiger partial charge in [0.1, 0.15) is 5.82 Å². The molecule has 1 aliphatic heterocycles. The van der Waals surface area contributed by atoms with Crippen LogP contribution in [0, 0.1) is 0 Å². The molecule has 0 bridgehead atoms. The normalized spacial score (nSPS) is 18.6. The van der Waals surface area contributed by atoms with E-state index in [0.717, 1.165) is 18.9 Å². The van der Waals surface area contributed by atoms with E-state index < -0.39 is 11.7 Å². The smallest absolute Gasteiger partial charge is 0.396 e. The lowest BCUT2D eigenvalue weighted by Gasteiger charge is -2.19. The number of aliphatic hydroxyl groups excluding tert-OH is 1. The second kappa shape index (κ2) is 5.14. The molecular weight excluding hydrogens is 283 g/mol. The van der Waals surface area contributed by atoms with E-state index in [0.29, 0.717) is 12.4 Å². The van der Waals surface area contributed by atoms with Crippen molar-refractivity contribution in [2.45, 2.75) is 31.5 Å². The molecule has 0 fully saturated rings. The van der Waals surface area contributed by atoms with E-state index in [9.17, 15) is 18.3 Å². The van der Waals surface area contributed by atoms with Gasteiger partial charge in [0.15, 0.2) is 5.82 Å². The number of halogens is 3. The van der Waals surface area contributed by atoms with Gasteiger partial charge in [0.25, 0.3) is 0 Å². The highest BCUT2D eigenvalue weighted by Crippen LogP contribution is 2.36. The molecule has 0 aliphatic carbocycles.